The average molecular weight is 198 g/mol. The maximum absolute atomic E-state index is 13.0. The molecule has 0 spiro atoms. The molecule has 0 radical (unpaired) electrons. The fraction of sp³-hybridized carbons (Fsp3) is 0.222. The molecule has 1 aromatic carbocycles. The number of benzene rings is 1. The van der Waals surface area contributed by atoms with Crippen LogP contribution in [-0.2, 0) is 4.79 Å². The van der Waals surface area contributed by atoms with Crippen molar-refractivity contribution in [3.8, 4) is 0 Å². The molecular weight excluding hydrogens is 187 g/mol. The second kappa shape index (κ2) is 3.63. The molecule has 0 unspecified atom stereocenters. The van der Waals surface area contributed by atoms with Crippen molar-refractivity contribution in [2.24, 2.45) is 5.73 Å². The molecule has 0 aliphatic heterocycles. The van der Waals surface area contributed by atoms with Gasteiger partial charge < -0.3 is 16.6 Å². The number of carboxylic acids is 1. The third-order valence-corrected chi connectivity index (χ3v) is 1.99. The van der Waals surface area contributed by atoms with Crippen LogP contribution in [0.3, 0.4) is 0 Å². The monoisotopic (exact) mass is 198 g/mol. The number of hydrogen-bond acceptors (Lipinski definition) is 3. The van der Waals surface area contributed by atoms with Crippen molar-refractivity contribution in [3.63, 3.8) is 0 Å². The zero-order valence-electron chi connectivity index (χ0n) is 7.62. The molecule has 0 amide bonds. The van der Waals surface area contributed by atoms with Crippen LogP contribution in [0.5, 0.6) is 0 Å². The molecule has 5 heteroatoms. The first kappa shape index (κ1) is 10.5. The van der Waals surface area contributed by atoms with Crippen molar-refractivity contribution in [2.75, 3.05) is 5.73 Å². The largest absolute Gasteiger partial charge is 0.480 e. The van der Waals surface area contributed by atoms with E-state index in [0.717, 1.165) is 6.07 Å². The molecule has 0 saturated heterocycles. The van der Waals surface area contributed by atoms with Crippen molar-refractivity contribution in [3.05, 3.63) is 29.1 Å². The maximum atomic E-state index is 13.0. The highest BCUT2D eigenvalue weighted by Crippen LogP contribution is 2.21. The molecule has 0 aliphatic rings. The Morgan fingerprint density at radius 2 is 2.14 bits per heavy atom. The summed E-state index contributed by atoms with van der Waals surface area (Å²) in [6.45, 7) is 1.63. The second-order valence-electron chi connectivity index (χ2n) is 3.05. The van der Waals surface area contributed by atoms with E-state index < -0.39 is 17.8 Å². The number of carboxylic acid groups (broad SMARTS) is 1. The van der Waals surface area contributed by atoms with Gasteiger partial charge >= 0.3 is 5.97 Å². The highest BCUT2D eigenvalue weighted by atomic mass is 19.1. The third-order valence-electron chi connectivity index (χ3n) is 1.99. The molecule has 5 N–H and O–H groups in total. The molecule has 0 heterocycles. The lowest BCUT2D eigenvalue weighted by Crippen LogP contribution is -2.22. The van der Waals surface area contributed by atoms with Crippen LogP contribution in [0.15, 0.2) is 12.1 Å². The highest BCUT2D eigenvalue weighted by Gasteiger charge is 2.18. The van der Waals surface area contributed by atoms with Crippen molar-refractivity contribution in [1.82, 2.24) is 0 Å². The number of aliphatic carboxylic acids is 1. The minimum Gasteiger partial charge on any atom is -0.480 e. The normalized spacial score (nSPS) is 12.5. The van der Waals surface area contributed by atoms with Crippen LogP contribution in [0.2, 0.25) is 0 Å². The first-order valence-electron chi connectivity index (χ1n) is 3.97. The fourth-order valence-electron chi connectivity index (χ4n) is 1.19. The van der Waals surface area contributed by atoms with E-state index in [0.29, 0.717) is 5.56 Å². The molecule has 1 rings (SSSR count). The van der Waals surface area contributed by atoms with Crippen LogP contribution in [0.1, 0.15) is 17.2 Å². The van der Waals surface area contributed by atoms with Gasteiger partial charge in [-0.1, -0.05) is 0 Å². The molecular formula is C9H11FN2O2. The van der Waals surface area contributed by atoms with Crippen LogP contribution in [-0.4, -0.2) is 11.1 Å². The zero-order chi connectivity index (χ0) is 10.9. The van der Waals surface area contributed by atoms with Gasteiger partial charge in [-0.25, -0.2) is 4.39 Å². The summed E-state index contributed by atoms with van der Waals surface area (Å²) in [5, 5.41) is 8.64. The van der Waals surface area contributed by atoms with E-state index >= 15 is 0 Å². The summed E-state index contributed by atoms with van der Waals surface area (Å²) < 4.78 is 13.0. The van der Waals surface area contributed by atoms with Gasteiger partial charge in [0.2, 0.25) is 0 Å². The smallest absolute Gasteiger partial charge is 0.325 e. The number of carbonyl (C=O) groups is 1. The molecule has 1 aromatic rings. The first-order chi connectivity index (χ1) is 6.43. The Kier molecular flexibility index (Phi) is 2.71. The Morgan fingerprint density at radius 1 is 1.57 bits per heavy atom. The molecule has 0 saturated carbocycles. The number of anilines is 1. The summed E-state index contributed by atoms with van der Waals surface area (Å²) >= 11 is 0. The fourth-order valence-corrected chi connectivity index (χ4v) is 1.19. The average Bonchev–Trinajstić information content (AvgIpc) is 2.10. The van der Waals surface area contributed by atoms with Crippen LogP contribution >= 0.6 is 0 Å². The summed E-state index contributed by atoms with van der Waals surface area (Å²) in [5.41, 5.74) is 11.5. The maximum Gasteiger partial charge on any atom is 0.325 e. The topological polar surface area (TPSA) is 89.3 Å². The number of halogens is 1. The molecule has 0 fully saturated rings. The predicted octanol–water partition coefficient (Wildman–Crippen LogP) is 0.801. The van der Waals surface area contributed by atoms with Crippen LogP contribution in [0, 0.1) is 12.7 Å². The Bertz CT molecular complexity index is 379. The van der Waals surface area contributed by atoms with E-state index in [9.17, 15) is 9.18 Å². The molecule has 0 aliphatic carbocycles. The highest BCUT2D eigenvalue weighted by molar-refractivity contribution is 5.76. The van der Waals surface area contributed by atoms with Gasteiger partial charge in [0.25, 0.3) is 0 Å². The number of nitrogen functional groups attached to an aromatic ring is 1. The van der Waals surface area contributed by atoms with Crippen molar-refractivity contribution in [2.45, 2.75) is 13.0 Å². The molecule has 76 valence electrons. The summed E-state index contributed by atoms with van der Waals surface area (Å²) in [7, 11) is 0. The van der Waals surface area contributed by atoms with Crippen LogP contribution < -0.4 is 11.5 Å². The molecule has 14 heavy (non-hydrogen) atoms. The lowest BCUT2D eigenvalue weighted by atomic mass is 10.0. The van der Waals surface area contributed by atoms with Gasteiger partial charge in [0.15, 0.2) is 0 Å². The standard InChI is InChI=1S/C9H11FN2O2/c1-4-2-7(11)6(10)3-5(4)8(12)9(13)14/h2-3,8H,11-12H2,1H3,(H,13,14)/t8-/m0/s1. The van der Waals surface area contributed by atoms with Crippen molar-refractivity contribution in [1.29, 1.82) is 0 Å². The minimum atomic E-state index is -1.22. The Hall–Kier alpha value is -1.62. The minimum absolute atomic E-state index is 0.0103. The molecule has 4 nitrogen and oxygen atoms in total. The Morgan fingerprint density at radius 3 is 2.64 bits per heavy atom. The van der Waals surface area contributed by atoms with E-state index in [-0.39, 0.29) is 11.3 Å². The van der Waals surface area contributed by atoms with Gasteiger partial charge in [-0.3, -0.25) is 4.79 Å². The lowest BCUT2D eigenvalue weighted by molar-refractivity contribution is -0.138. The van der Waals surface area contributed by atoms with Gasteiger partial charge in [0.1, 0.15) is 11.9 Å². The van der Waals surface area contributed by atoms with Crippen molar-refractivity contribution >= 4 is 11.7 Å². The van der Waals surface area contributed by atoms with E-state index in [1.807, 2.05) is 0 Å². The Labute approximate surface area is 80.3 Å². The van der Waals surface area contributed by atoms with Gasteiger partial charge in [-0.05, 0) is 30.2 Å². The summed E-state index contributed by atoms with van der Waals surface area (Å²) in [6.07, 6.45) is 0. The molecule has 0 aromatic heterocycles. The number of nitrogens with two attached hydrogens (primary N) is 2. The number of hydrogen-bond donors (Lipinski definition) is 3. The SMILES string of the molecule is Cc1cc(N)c(F)cc1[C@H](N)C(=O)O. The van der Waals surface area contributed by atoms with E-state index in [1.54, 1.807) is 6.92 Å². The molecule has 1 atom stereocenters. The summed E-state index contributed by atoms with van der Waals surface area (Å²) in [6, 6.07) is 1.21. The Balaban J connectivity index is 3.22. The van der Waals surface area contributed by atoms with Crippen molar-refractivity contribution < 1.29 is 14.3 Å². The van der Waals surface area contributed by atoms with Gasteiger partial charge in [0, 0.05) is 0 Å². The number of rotatable bonds is 2. The molecule has 0 bridgehead atoms. The second-order valence-corrected chi connectivity index (χ2v) is 3.05. The van der Waals surface area contributed by atoms with E-state index in [2.05, 4.69) is 0 Å². The summed E-state index contributed by atoms with van der Waals surface area (Å²) in [4.78, 5) is 10.6. The number of aryl methyl sites for hydroxylation is 1. The van der Waals surface area contributed by atoms with E-state index in [4.69, 9.17) is 16.6 Å². The van der Waals surface area contributed by atoms with Crippen LogP contribution in [0.25, 0.3) is 0 Å². The zero-order valence-corrected chi connectivity index (χ0v) is 7.62. The predicted molar refractivity (Wildman–Crippen MR) is 50.1 cm³/mol. The summed E-state index contributed by atoms with van der Waals surface area (Å²) in [5.74, 6) is -1.85. The van der Waals surface area contributed by atoms with E-state index in [1.165, 1.54) is 6.07 Å². The quantitative estimate of drug-likeness (QED) is 0.613. The first-order valence-corrected chi connectivity index (χ1v) is 3.97. The van der Waals surface area contributed by atoms with Gasteiger partial charge in [-0.15, -0.1) is 0 Å². The van der Waals surface area contributed by atoms with Gasteiger partial charge in [-0.2, -0.15) is 0 Å². The lowest BCUT2D eigenvalue weighted by Gasteiger charge is -2.11. The van der Waals surface area contributed by atoms with Gasteiger partial charge in [0.05, 0.1) is 5.69 Å². The van der Waals surface area contributed by atoms with Crippen LogP contribution in [0.4, 0.5) is 10.1 Å². The third kappa shape index (κ3) is 1.82.